The summed E-state index contributed by atoms with van der Waals surface area (Å²) in [5.74, 6) is 0.655. The number of anilines is 2. The number of carbonyl (C=O) groups is 2. The lowest BCUT2D eigenvalue weighted by Crippen LogP contribution is -2.39. The van der Waals surface area contributed by atoms with E-state index in [1.54, 1.807) is 25.1 Å². The molecule has 0 radical (unpaired) electrons. The monoisotopic (exact) mass is 479 g/mol. The molecular weight excluding hydrogens is 453 g/mol. The summed E-state index contributed by atoms with van der Waals surface area (Å²) < 4.78 is 25.1. The van der Waals surface area contributed by atoms with E-state index in [-0.39, 0.29) is 18.8 Å². The van der Waals surface area contributed by atoms with Crippen LogP contribution in [0.15, 0.2) is 30.6 Å². The molecule has 0 bridgehead atoms. The molecule has 0 aliphatic carbocycles. The molecule has 1 aliphatic rings. The highest BCUT2D eigenvalue weighted by Gasteiger charge is 2.25. The molecule has 1 N–H and O–H groups in total. The van der Waals surface area contributed by atoms with Crippen molar-refractivity contribution in [3.8, 4) is 11.5 Å². The molecule has 0 atom stereocenters. The van der Waals surface area contributed by atoms with Gasteiger partial charge in [-0.1, -0.05) is 18.2 Å². The lowest BCUT2D eigenvalue weighted by atomic mass is 10.0. The lowest BCUT2D eigenvalue weighted by molar-refractivity contribution is 0.111. The van der Waals surface area contributed by atoms with Crippen LogP contribution in [0.5, 0.6) is 11.5 Å². The fraction of sp³-hybridized carbons (Fsp3) is 0.240. The molecule has 0 saturated heterocycles. The SMILES string of the molecule is COc1cc(OC)c(F)c(/C=C/c2cnc(NC(=O)N3CCCc4ccc(C=O)nc43)nc2)c1C.[HH]. The molecule has 182 valence electrons. The number of methoxy groups -OCH3 is 2. The van der Waals surface area contributed by atoms with Gasteiger partial charge in [-0.25, -0.2) is 24.1 Å². The molecule has 2 amide bonds. The number of fused-ring (bicyclic) bond motifs is 1. The molecule has 9 nitrogen and oxygen atoms in total. The quantitative estimate of drug-likeness (QED) is 0.517. The summed E-state index contributed by atoms with van der Waals surface area (Å²) in [5.41, 5.74) is 2.71. The molecule has 0 saturated carbocycles. The number of ether oxygens (including phenoxy) is 2. The summed E-state index contributed by atoms with van der Waals surface area (Å²) in [6.45, 7) is 2.21. The molecule has 0 fully saturated rings. The minimum Gasteiger partial charge on any atom is -0.496 e. The van der Waals surface area contributed by atoms with E-state index in [2.05, 4.69) is 20.3 Å². The molecular formula is C25H26FN5O4. The van der Waals surface area contributed by atoms with E-state index >= 15 is 0 Å². The van der Waals surface area contributed by atoms with Gasteiger partial charge in [0.1, 0.15) is 17.3 Å². The highest BCUT2D eigenvalue weighted by atomic mass is 19.1. The van der Waals surface area contributed by atoms with Crippen LogP contribution in [0, 0.1) is 12.7 Å². The van der Waals surface area contributed by atoms with Gasteiger partial charge < -0.3 is 9.47 Å². The van der Waals surface area contributed by atoms with Gasteiger partial charge in [-0.15, -0.1) is 0 Å². The molecule has 2 aromatic heterocycles. The number of carbonyl (C=O) groups excluding carboxylic acids is 2. The number of pyridine rings is 1. The second-order valence-electron chi connectivity index (χ2n) is 7.83. The van der Waals surface area contributed by atoms with Gasteiger partial charge in [0.15, 0.2) is 17.9 Å². The van der Waals surface area contributed by atoms with Crippen molar-refractivity contribution in [1.29, 1.82) is 0 Å². The number of aldehydes is 1. The van der Waals surface area contributed by atoms with Crippen LogP contribution >= 0.6 is 0 Å². The molecule has 0 unspecified atom stereocenters. The van der Waals surface area contributed by atoms with Crippen LogP contribution in [0.25, 0.3) is 12.2 Å². The Morgan fingerprint density at radius 2 is 1.91 bits per heavy atom. The standard InChI is InChI=1S/C25H24FN5O4.H2/c1-15-19(22(26)21(35-3)11-20(15)34-2)9-6-16-12-27-24(28-13-16)30-25(33)31-10-4-5-17-7-8-18(14-32)29-23(17)31;/h6-9,11-14H,4-5,10H2,1-3H3,(H,27,28,30,33);1H/b9-6+;. The van der Waals surface area contributed by atoms with E-state index in [1.165, 1.54) is 37.6 Å². The van der Waals surface area contributed by atoms with Crippen molar-refractivity contribution in [2.24, 2.45) is 0 Å². The number of urea groups is 1. The number of rotatable bonds is 6. The Morgan fingerprint density at radius 3 is 2.60 bits per heavy atom. The zero-order chi connectivity index (χ0) is 24.9. The molecule has 4 rings (SSSR count). The average molecular weight is 480 g/mol. The second kappa shape index (κ2) is 10.3. The van der Waals surface area contributed by atoms with E-state index in [1.807, 2.05) is 6.07 Å². The minimum absolute atomic E-state index is 0. The first-order valence-electron chi connectivity index (χ1n) is 10.9. The van der Waals surface area contributed by atoms with Gasteiger partial charge in [0.25, 0.3) is 0 Å². The van der Waals surface area contributed by atoms with Gasteiger partial charge >= 0.3 is 6.03 Å². The third-order valence-corrected chi connectivity index (χ3v) is 5.69. The normalized spacial score (nSPS) is 12.9. The minimum atomic E-state index is -0.500. The summed E-state index contributed by atoms with van der Waals surface area (Å²) in [6, 6.07) is 4.51. The summed E-state index contributed by atoms with van der Waals surface area (Å²) in [7, 11) is 2.90. The van der Waals surface area contributed by atoms with E-state index in [0.717, 1.165) is 18.4 Å². The fourth-order valence-electron chi connectivity index (χ4n) is 3.83. The van der Waals surface area contributed by atoms with Crippen molar-refractivity contribution in [2.45, 2.75) is 19.8 Å². The maximum Gasteiger partial charge on any atom is 0.329 e. The van der Waals surface area contributed by atoms with E-state index in [9.17, 15) is 14.0 Å². The number of aromatic nitrogens is 3. The first-order valence-corrected chi connectivity index (χ1v) is 10.9. The number of aryl methyl sites for hydroxylation is 1. The predicted molar refractivity (Wildman–Crippen MR) is 132 cm³/mol. The molecule has 10 heteroatoms. The van der Waals surface area contributed by atoms with Crippen LogP contribution in [0.2, 0.25) is 0 Å². The van der Waals surface area contributed by atoms with Crippen molar-refractivity contribution in [1.82, 2.24) is 15.0 Å². The van der Waals surface area contributed by atoms with Crippen LogP contribution in [0.4, 0.5) is 21.0 Å². The van der Waals surface area contributed by atoms with Crippen LogP contribution < -0.4 is 19.7 Å². The summed E-state index contributed by atoms with van der Waals surface area (Å²) in [4.78, 5) is 38.1. The topological polar surface area (TPSA) is 107 Å². The maximum atomic E-state index is 14.8. The predicted octanol–water partition coefficient (Wildman–Crippen LogP) is 4.55. The van der Waals surface area contributed by atoms with Crippen molar-refractivity contribution < 1.29 is 24.9 Å². The van der Waals surface area contributed by atoms with Crippen LogP contribution in [-0.4, -0.2) is 48.0 Å². The van der Waals surface area contributed by atoms with Gasteiger partial charge in [0, 0.05) is 43.1 Å². The summed E-state index contributed by atoms with van der Waals surface area (Å²) in [5, 5.41) is 2.66. The first-order chi connectivity index (χ1) is 16.9. The third kappa shape index (κ3) is 4.96. The third-order valence-electron chi connectivity index (χ3n) is 5.69. The Bertz CT molecular complexity index is 1270. The van der Waals surface area contributed by atoms with E-state index in [0.29, 0.717) is 41.1 Å². The molecule has 0 spiro atoms. The van der Waals surface area contributed by atoms with Crippen molar-refractivity contribution in [2.75, 3.05) is 31.0 Å². The van der Waals surface area contributed by atoms with Gasteiger partial charge in [-0.2, -0.15) is 0 Å². The Labute approximate surface area is 203 Å². The molecule has 1 aromatic carbocycles. The second-order valence-corrected chi connectivity index (χ2v) is 7.83. The molecule has 35 heavy (non-hydrogen) atoms. The maximum absolute atomic E-state index is 14.8. The van der Waals surface area contributed by atoms with E-state index in [4.69, 9.17) is 9.47 Å². The fourth-order valence-corrected chi connectivity index (χ4v) is 3.83. The highest BCUT2D eigenvalue weighted by Crippen LogP contribution is 2.33. The Morgan fingerprint density at radius 1 is 1.17 bits per heavy atom. The lowest BCUT2D eigenvalue weighted by Gasteiger charge is -2.28. The number of hydrogen-bond acceptors (Lipinski definition) is 7. The summed E-state index contributed by atoms with van der Waals surface area (Å²) >= 11 is 0. The zero-order valence-corrected chi connectivity index (χ0v) is 19.5. The number of nitrogens with one attached hydrogen (secondary N) is 1. The number of amides is 2. The van der Waals surface area contributed by atoms with Gasteiger partial charge in [-0.3, -0.25) is 15.0 Å². The van der Waals surface area contributed by atoms with Crippen LogP contribution in [0.1, 0.15) is 40.6 Å². The van der Waals surface area contributed by atoms with Crippen LogP contribution in [-0.2, 0) is 6.42 Å². The Balaban J connectivity index is 0.00000361. The van der Waals surface area contributed by atoms with Gasteiger partial charge in [0.2, 0.25) is 5.95 Å². The Hall–Kier alpha value is -4.34. The smallest absolute Gasteiger partial charge is 0.329 e. The first kappa shape index (κ1) is 23.8. The number of nitrogens with zero attached hydrogens (tertiary/aromatic N) is 4. The van der Waals surface area contributed by atoms with Gasteiger partial charge in [-0.05, 0) is 31.4 Å². The van der Waals surface area contributed by atoms with Gasteiger partial charge in [0.05, 0.1) is 14.2 Å². The molecule has 1 aliphatic heterocycles. The molecule has 3 heterocycles. The number of hydrogen-bond donors (Lipinski definition) is 1. The zero-order valence-electron chi connectivity index (χ0n) is 19.5. The number of benzene rings is 1. The number of halogens is 1. The van der Waals surface area contributed by atoms with Crippen molar-refractivity contribution in [3.05, 3.63) is 64.4 Å². The highest BCUT2D eigenvalue weighted by molar-refractivity contribution is 6.01. The van der Waals surface area contributed by atoms with E-state index < -0.39 is 11.8 Å². The van der Waals surface area contributed by atoms with Crippen molar-refractivity contribution in [3.63, 3.8) is 0 Å². The molecule has 3 aromatic rings. The largest absolute Gasteiger partial charge is 0.496 e. The van der Waals surface area contributed by atoms with Crippen LogP contribution in [0.3, 0.4) is 0 Å². The van der Waals surface area contributed by atoms with Crippen molar-refractivity contribution >= 4 is 36.2 Å². The Kier molecular flexibility index (Phi) is 7.00. The summed E-state index contributed by atoms with van der Waals surface area (Å²) in [6.07, 6.45) is 8.47. The average Bonchev–Trinajstić information content (AvgIpc) is 2.89.